The highest BCUT2D eigenvalue weighted by atomic mass is 16.4. The monoisotopic (exact) mass is 299 g/mol. The van der Waals surface area contributed by atoms with Gasteiger partial charge in [0.25, 0.3) is 0 Å². The van der Waals surface area contributed by atoms with Crippen LogP contribution in [0, 0.1) is 19.8 Å². The summed E-state index contributed by atoms with van der Waals surface area (Å²) in [5, 5.41) is 4.71. The van der Waals surface area contributed by atoms with Crippen molar-refractivity contribution >= 4 is 11.0 Å². The van der Waals surface area contributed by atoms with Crippen LogP contribution in [0.15, 0.2) is 27.4 Å². The number of aryl methyl sites for hydroxylation is 2. The molecule has 1 N–H and O–H groups in total. The summed E-state index contributed by atoms with van der Waals surface area (Å²) in [5.41, 5.74) is 3.74. The summed E-state index contributed by atoms with van der Waals surface area (Å²) in [6, 6.07) is 6.37. The third-order valence-corrected chi connectivity index (χ3v) is 5.18. The lowest BCUT2D eigenvalue weighted by Gasteiger charge is -2.29. The third-order valence-electron chi connectivity index (χ3n) is 5.18. The van der Waals surface area contributed by atoms with Gasteiger partial charge in [-0.15, -0.1) is 0 Å². The summed E-state index contributed by atoms with van der Waals surface area (Å²) in [4.78, 5) is 11.9. The van der Waals surface area contributed by atoms with Crippen LogP contribution in [0.25, 0.3) is 11.0 Å². The van der Waals surface area contributed by atoms with Crippen LogP contribution in [0.1, 0.15) is 49.3 Å². The lowest BCUT2D eigenvalue weighted by molar-refractivity contribution is 0.279. The van der Waals surface area contributed by atoms with Gasteiger partial charge in [-0.25, -0.2) is 4.79 Å². The molecule has 1 fully saturated rings. The fourth-order valence-electron chi connectivity index (χ4n) is 3.53. The van der Waals surface area contributed by atoms with E-state index in [0.717, 1.165) is 34.2 Å². The van der Waals surface area contributed by atoms with E-state index in [4.69, 9.17) is 4.42 Å². The van der Waals surface area contributed by atoms with Crippen LogP contribution >= 0.6 is 0 Å². The largest absolute Gasteiger partial charge is 0.422 e. The SMILES string of the molecule is Cc1ccc2c(CN[C@@H]3CCCC[C@H]3C)cc(=O)oc2c1C. The predicted molar refractivity (Wildman–Crippen MR) is 90.2 cm³/mol. The van der Waals surface area contributed by atoms with Gasteiger partial charge in [-0.1, -0.05) is 31.9 Å². The minimum Gasteiger partial charge on any atom is -0.422 e. The smallest absolute Gasteiger partial charge is 0.336 e. The lowest BCUT2D eigenvalue weighted by atomic mass is 9.86. The zero-order chi connectivity index (χ0) is 15.7. The molecule has 2 atom stereocenters. The highest BCUT2D eigenvalue weighted by molar-refractivity contribution is 5.83. The maximum Gasteiger partial charge on any atom is 0.336 e. The predicted octanol–water partition coefficient (Wildman–Crippen LogP) is 4.08. The molecule has 1 aliphatic rings. The minimum atomic E-state index is -0.255. The number of rotatable bonds is 3. The van der Waals surface area contributed by atoms with E-state index in [9.17, 15) is 4.79 Å². The standard InChI is InChI=1S/C19H25NO2/c1-12-8-9-16-15(10-18(21)22-19(16)14(12)3)11-20-17-7-5-4-6-13(17)2/h8-10,13,17,20H,4-7,11H2,1-3H3/t13-,17-/m1/s1. The van der Waals surface area contributed by atoms with Crippen molar-refractivity contribution in [3.63, 3.8) is 0 Å². The van der Waals surface area contributed by atoms with Crippen molar-refractivity contribution in [1.82, 2.24) is 5.32 Å². The van der Waals surface area contributed by atoms with Crippen LogP contribution in [0.3, 0.4) is 0 Å². The van der Waals surface area contributed by atoms with Gasteiger partial charge in [0.1, 0.15) is 5.58 Å². The van der Waals surface area contributed by atoms with Gasteiger partial charge < -0.3 is 9.73 Å². The average molecular weight is 299 g/mol. The van der Waals surface area contributed by atoms with E-state index in [0.29, 0.717) is 12.0 Å². The van der Waals surface area contributed by atoms with Gasteiger partial charge in [-0.3, -0.25) is 0 Å². The Morgan fingerprint density at radius 2 is 2.00 bits per heavy atom. The molecule has 3 rings (SSSR count). The molecular weight excluding hydrogens is 274 g/mol. The maximum absolute atomic E-state index is 11.9. The third kappa shape index (κ3) is 2.95. The van der Waals surface area contributed by atoms with Crippen LogP contribution in [-0.4, -0.2) is 6.04 Å². The number of fused-ring (bicyclic) bond motifs is 1. The number of benzene rings is 1. The van der Waals surface area contributed by atoms with E-state index < -0.39 is 0 Å². The van der Waals surface area contributed by atoms with Crippen molar-refractivity contribution in [2.24, 2.45) is 5.92 Å². The molecule has 1 aromatic heterocycles. The van der Waals surface area contributed by atoms with Gasteiger partial charge in [0.2, 0.25) is 0 Å². The fraction of sp³-hybridized carbons (Fsp3) is 0.526. The Kier molecular flexibility index (Phi) is 4.34. The fourth-order valence-corrected chi connectivity index (χ4v) is 3.53. The zero-order valence-electron chi connectivity index (χ0n) is 13.7. The Morgan fingerprint density at radius 1 is 1.23 bits per heavy atom. The minimum absolute atomic E-state index is 0.255. The van der Waals surface area contributed by atoms with E-state index in [1.54, 1.807) is 6.07 Å². The first-order valence-electron chi connectivity index (χ1n) is 8.32. The van der Waals surface area contributed by atoms with Crippen molar-refractivity contribution in [3.8, 4) is 0 Å². The first-order valence-corrected chi connectivity index (χ1v) is 8.32. The summed E-state index contributed by atoms with van der Waals surface area (Å²) in [7, 11) is 0. The van der Waals surface area contributed by atoms with Gasteiger partial charge in [0.15, 0.2) is 0 Å². The highest BCUT2D eigenvalue weighted by Crippen LogP contribution is 2.26. The number of nitrogens with one attached hydrogen (secondary N) is 1. The first-order chi connectivity index (χ1) is 10.6. The molecule has 3 heteroatoms. The van der Waals surface area contributed by atoms with Crippen LogP contribution in [0.2, 0.25) is 0 Å². The Morgan fingerprint density at radius 3 is 2.77 bits per heavy atom. The second-order valence-electron chi connectivity index (χ2n) is 6.72. The molecule has 1 heterocycles. The lowest BCUT2D eigenvalue weighted by Crippen LogP contribution is -2.36. The second-order valence-corrected chi connectivity index (χ2v) is 6.72. The Labute approximate surface area is 131 Å². The second kappa shape index (κ2) is 6.25. The quantitative estimate of drug-likeness (QED) is 0.868. The summed E-state index contributed by atoms with van der Waals surface area (Å²) in [6.07, 6.45) is 5.18. The van der Waals surface area contributed by atoms with Gasteiger partial charge in [-0.05, 0) is 49.3 Å². The normalized spacial score (nSPS) is 22.1. The average Bonchev–Trinajstić information content (AvgIpc) is 2.50. The Hall–Kier alpha value is -1.61. The molecule has 1 saturated carbocycles. The van der Waals surface area contributed by atoms with Crippen molar-refractivity contribution < 1.29 is 4.42 Å². The van der Waals surface area contributed by atoms with Gasteiger partial charge in [0.05, 0.1) is 0 Å². The van der Waals surface area contributed by atoms with Crippen molar-refractivity contribution in [1.29, 1.82) is 0 Å². The van der Waals surface area contributed by atoms with Crippen molar-refractivity contribution in [2.75, 3.05) is 0 Å². The summed E-state index contributed by atoms with van der Waals surface area (Å²) in [5.74, 6) is 0.712. The number of hydrogen-bond donors (Lipinski definition) is 1. The highest BCUT2D eigenvalue weighted by Gasteiger charge is 2.21. The molecule has 0 aliphatic heterocycles. The summed E-state index contributed by atoms with van der Waals surface area (Å²) >= 11 is 0. The van der Waals surface area contributed by atoms with Crippen molar-refractivity contribution in [2.45, 2.75) is 59.0 Å². The molecule has 0 saturated heterocycles. The molecule has 3 nitrogen and oxygen atoms in total. The zero-order valence-corrected chi connectivity index (χ0v) is 13.7. The van der Waals surface area contributed by atoms with Crippen LogP contribution in [0.5, 0.6) is 0 Å². The van der Waals surface area contributed by atoms with Gasteiger partial charge in [0, 0.05) is 24.0 Å². The summed E-state index contributed by atoms with van der Waals surface area (Å²) in [6.45, 7) is 7.12. The Bertz CT molecular complexity index is 732. The van der Waals surface area contributed by atoms with Crippen LogP contribution in [0.4, 0.5) is 0 Å². The van der Waals surface area contributed by atoms with Crippen LogP contribution < -0.4 is 10.9 Å². The topological polar surface area (TPSA) is 42.2 Å². The van der Waals surface area contributed by atoms with Gasteiger partial charge >= 0.3 is 5.63 Å². The molecule has 2 aromatic rings. The van der Waals surface area contributed by atoms with E-state index in [1.165, 1.54) is 25.7 Å². The van der Waals surface area contributed by atoms with E-state index >= 15 is 0 Å². The molecule has 0 spiro atoms. The summed E-state index contributed by atoms with van der Waals surface area (Å²) < 4.78 is 5.44. The van der Waals surface area contributed by atoms with E-state index in [-0.39, 0.29) is 5.63 Å². The Balaban J connectivity index is 1.90. The molecule has 0 radical (unpaired) electrons. The van der Waals surface area contributed by atoms with Crippen molar-refractivity contribution in [3.05, 3.63) is 45.3 Å². The molecule has 1 aliphatic carbocycles. The van der Waals surface area contributed by atoms with Crippen LogP contribution in [-0.2, 0) is 6.54 Å². The van der Waals surface area contributed by atoms with Gasteiger partial charge in [-0.2, -0.15) is 0 Å². The molecule has 1 aromatic carbocycles. The maximum atomic E-state index is 11.9. The molecular formula is C19H25NO2. The molecule has 0 bridgehead atoms. The molecule has 0 amide bonds. The van der Waals surface area contributed by atoms with E-state index in [2.05, 4.69) is 24.4 Å². The van der Waals surface area contributed by atoms with E-state index in [1.807, 2.05) is 13.8 Å². The molecule has 0 unspecified atom stereocenters. The first kappa shape index (κ1) is 15.3. The molecule has 118 valence electrons. The molecule has 22 heavy (non-hydrogen) atoms. The number of hydrogen-bond acceptors (Lipinski definition) is 3.